The lowest BCUT2D eigenvalue weighted by Gasteiger charge is -2.25. The first-order chi connectivity index (χ1) is 8.64. The minimum Gasteiger partial charge on any atom is -0.348 e. The van der Waals surface area contributed by atoms with Gasteiger partial charge in [0.15, 0.2) is 0 Å². The van der Waals surface area contributed by atoms with Crippen LogP contribution >= 0.6 is 11.6 Å². The first kappa shape index (κ1) is 12.0. The lowest BCUT2D eigenvalue weighted by molar-refractivity contribution is 0.402. The van der Waals surface area contributed by atoms with Gasteiger partial charge >= 0.3 is 0 Å². The van der Waals surface area contributed by atoms with Crippen molar-refractivity contribution in [2.75, 3.05) is 0 Å². The van der Waals surface area contributed by atoms with E-state index < -0.39 is 11.5 Å². The molecule has 1 aromatic heterocycles. The number of H-pyrrole nitrogens is 1. The van der Waals surface area contributed by atoms with Crippen LogP contribution < -0.4 is 0 Å². The van der Waals surface area contributed by atoms with Crippen LogP contribution in [0.15, 0.2) is 35.8 Å². The summed E-state index contributed by atoms with van der Waals surface area (Å²) < 4.78 is 13.6. The Kier molecular flexibility index (Phi) is 2.81. The smallest absolute Gasteiger partial charge is 0.139 e. The number of hydrogen-bond donors (Lipinski definition) is 1. The number of hydrogen-bond acceptors (Lipinski definition) is 1. The Morgan fingerprint density at radius 2 is 2.17 bits per heavy atom. The Balaban J connectivity index is 1.99. The summed E-state index contributed by atoms with van der Waals surface area (Å²) in [5.41, 5.74) is 3.51. The van der Waals surface area contributed by atoms with E-state index in [0.29, 0.717) is 0 Å². The van der Waals surface area contributed by atoms with Crippen molar-refractivity contribution in [3.63, 3.8) is 0 Å². The Hall–Kier alpha value is -1.09. The molecule has 2 aliphatic carbocycles. The second kappa shape index (κ2) is 4.23. The Morgan fingerprint density at radius 1 is 1.44 bits per heavy atom. The van der Waals surface area contributed by atoms with Gasteiger partial charge in [0.25, 0.3) is 0 Å². The minimum atomic E-state index is -1.06. The molecule has 1 saturated carbocycles. The third-order valence-corrected chi connectivity index (χ3v) is 4.61. The summed E-state index contributed by atoms with van der Waals surface area (Å²) in [6.45, 7) is 2.17. The minimum absolute atomic E-state index is 0.0365. The zero-order valence-electron chi connectivity index (χ0n) is 10.3. The summed E-state index contributed by atoms with van der Waals surface area (Å²) in [5, 5.41) is -0.516. The molecule has 0 aromatic carbocycles. The van der Waals surface area contributed by atoms with Gasteiger partial charge in [0.2, 0.25) is 0 Å². The molecule has 18 heavy (non-hydrogen) atoms. The van der Waals surface area contributed by atoms with Gasteiger partial charge in [-0.25, -0.2) is 9.37 Å². The second-order valence-electron chi connectivity index (χ2n) is 5.23. The molecule has 0 spiro atoms. The van der Waals surface area contributed by atoms with E-state index in [-0.39, 0.29) is 5.41 Å². The third kappa shape index (κ3) is 1.72. The summed E-state index contributed by atoms with van der Waals surface area (Å²) in [7, 11) is 0. The van der Waals surface area contributed by atoms with E-state index in [1.54, 1.807) is 12.4 Å². The molecule has 96 valence electrons. The highest BCUT2D eigenvalue weighted by molar-refractivity contribution is 6.22. The van der Waals surface area contributed by atoms with Gasteiger partial charge in [-0.05, 0) is 36.5 Å². The fourth-order valence-corrected chi connectivity index (χ4v) is 3.32. The van der Waals surface area contributed by atoms with Gasteiger partial charge in [-0.2, -0.15) is 0 Å². The number of allylic oxidation sites excluding steroid dienone is 4. The van der Waals surface area contributed by atoms with Crippen molar-refractivity contribution in [3.8, 4) is 0 Å². The average molecular weight is 267 g/mol. The number of nitrogens with one attached hydrogen (secondary N) is 1. The Morgan fingerprint density at radius 3 is 2.78 bits per heavy atom. The molecule has 3 rings (SSSR count). The zero-order chi connectivity index (χ0) is 12.8. The molecule has 0 radical (unpaired) electrons. The van der Waals surface area contributed by atoms with Gasteiger partial charge in [0.05, 0.1) is 11.7 Å². The fourth-order valence-electron chi connectivity index (χ4n) is 3.10. The molecule has 4 heteroatoms. The van der Waals surface area contributed by atoms with Crippen LogP contribution in [0.1, 0.15) is 31.9 Å². The van der Waals surface area contributed by atoms with E-state index in [2.05, 4.69) is 16.9 Å². The number of nitrogens with zero attached hydrogens (tertiary/aromatic N) is 1. The predicted molar refractivity (Wildman–Crippen MR) is 70.5 cm³/mol. The third-order valence-electron chi connectivity index (χ3n) is 4.24. The molecular formula is C14H16ClFN2. The number of rotatable bonds is 2. The van der Waals surface area contributed by atoms with Crippen LogP contribution in [0, 0.1) is 0 Å². The molecule has 1 heterocycles. The van der Waals surface area contributed by atoms with Crippen molar-refractivity contribution < 1.29 is 4.39 Å². The largest absolute Gasteiger partial charge is 0.348 e. The number of halogens is 2. The van der Waals surface area contributed by atoms with Crippen LogP contribution in [0.3, 0.4) is 0 Å². The van der Waals surface area contributed by atoms with Crippen molar-refractivity contribution in [2.45, 2.75) is 43.1 Å². The molecule has 1 aromatic rings. The number of imidazole rings is 1. The van der Waals surface area contributed by atoms with Gasteiger partial charge in [0.1, 0.15) is 6.17 Å². The van der Waals surface area contributed by atoms with Gasteiger partial charge in [-0.3, -0.25) is 0 Å². The van der Waals surface area contributed by atoms with Crippen LogP contribution in [0.4, 0.5) is 4.39 Å². The van der Waals surface area contributed by atoms with Gasteiger partial charge in [-0.1, -0.05) is 13.0 Å². The van der Waals surface area contributed by atoms with Crippen LogP contribution in [0.2, 0.25) is 0 Å². The highest BCUT2D eigenvalue weighted by Gasteiger charge is 2.42. The van der Waals surface area contributed by atoms with Crippen LogP contribution in [0.5, 0.6) is 0 Å². The van der Waals surface area contributed by atoms with Crippen molar-refractivity contribution in [2.24, 2.45) is 0 Å². The van der Waals surface area contributed by atoms with Crippen molar-refractivity contribution >= 4 is 11.6 Å². The molecule has 1 N–H and O–H groups in total. The first-order valence-electron chi connectivity index (χ1n) is 6.33. The maximum absolute atomic E-state index is 13.6. The number of aromatic nitrogens is 2. The summed E-state index contributed by atoms with van der Waals surface area (Å²) in [5.74, 6) is 0. The van der Waals surface area contributed by atoms with E-state index in [1.807, 2.05) is 12.3 Å². The summed E-state index contributed by atoms with van der Waals surface area (Å²) in [6, 6.07) is 0. The highest BCUT2D eigenvalue weighted by atomic mass is 35.5. The lowest BCUT2D eigenvalue weighted by Crippen LogP contribution is -2.21. The van der Waals surface area contributed by atoms with Gasteiger partial charge in [-0.15, -0.1) is 11.6 Å². The quantitative estimate of drug-likeness (QED) is 0.813. The van der Waals surface area contributed by atoms with Crippen LogP contribution in [0.25, 0.3) is 0 Å². The molecule has 1 fully saturated rings. The van der Waals surface area contributed by atoms with E-state index in [9.17, 15) is 4.39 Å². The topological polar surface area (TPSA) is 28.7 Å². The fraction of sp³-hybridized carbons (Fsp3) is 0.500. The van der Waals surface area contributed by atoms with E-state index >= 15 is 0 Å². The molecule has 2 aliphatic rings. The molecule has 2 nitrogen and oxygen atoms in total. The average Bonchev–Trinajstić information content (AvgIpc) is 2.97. The molecule has 0 amide bonds. The number of aromatic amines is 1. The molecule has 3 unspecified atom stereocenters. The molecule has 0 aliphatic heterocycles. The first-order valence-corrected chi connectivity index (χ1v) is 6.77. The molecule has 0 bridgehead atoms. The van der Waals surface area contributed by atoms with Gasteiger partial charge < -0.3 is 4.98 Å². The zero-order valence-corrected chi connectivity index (χ0v) is 11.0. The molecular weight excluding hydrogens is 251 g/mol. The van der Waals surface area contributed by atoms with Crippen molar-refractivity contribution in [1.82, 2.24) is 9.97 Å². The Bertz CT molecular complexity index is 478. The monoisotopic (exact) mass is 266 g/mol. The summed E-state index contributed by atoms with van der Waals surface area (Å²) in [4.78, 5) is 7.32. The lowest BCUT2D eigenvalue weighted by atomic mass is 9.80. The SMILES string of the molecule is CCC1(c2cnc[nH]2)CC2=CC(F)C(Cl)C=C2C1. The van der Waals surface area contributed by atoms with Crippen molar-refractivity contribution in [1.29, 1.82) is 0 Å². The maximum Gasteiger partial charge on any atom is 0.139 e. The van der Waals surface area contributed by atoms with Crippen LogP contribution in [-0.4, -0.2) is 21.5 Å². The standard InChI is InChI=1S/C14H16ClFN2/c1-2-14(13-7-17-8-18-13)5-9-3-11(15)12(16)4-10(9)6-14/h3-4,7-8,11-12H,2,5-6H2,1H3,(H,17,18). The predicted octanol–water partition coefficient (Wildman–Crippen LogP) is 3.66. The van der Waals surface area contributed by atoms with Crippen LogP contribution in [-0.2, 0) is 5.41 Å². The van der Waals surface area contributed by atoms with Crippen molar-refractivity contribution in [3.05, 3.63) is 41.5 Å². The number of alkyl halides is 2. The van der Waals surface area contributed by atoms with E-state index in [0.717, 1.165) is 30.5 Å². The second-order valence-corrected chi connectivity index (χ2v) is 5.73. The molecule has 0 saturated heterocycles. The van der Waals surface area contributed by atoms with Gasteiger partial charge in [0, 0.05) is 17.3 Å². The Labute approximate surface area is 111 Å². The van der Waals surface area contributed by atoms with E-state index in [4.69, 9.17) is 11.6 Å². The maximum atomic E-state index is 13.6. The summed E-state index contributed by atoms with van der Waals surface area (Å²) >= 11 is 5.98. The summed E-state index contributed by atoms with van der Waals surface area (Å²) in [6.07, 6.45) is 8.92. The normalized spacial score (nSPS) is 35.1. The highest BCUT2D eigenvalue weighted by Crippen LogP contribution is 2.50. The number of fused-ring (bicyclic) bond motifs is 1. The van der Waals surface area contributed by atoms with E-state index in [1.165, 1.54) is 5.57 Å². The molecule has 3 atom stereocenters.